The summed E-state index contributed by atoms with van der Waals surface area (Å²) in [6.07, 6.45) is 0. The Morgan fingerprint density at radius 2 is 1.94 bits per heavy atom. The molecule has 0 bridgehead atoms. The topological polar surface area (TPSA) is 65.7 Å². The fourth-order valence-electron chi connectivity index (χ4n) is 1.65. The molecule has 0 radical (unpaired) electrons. The highest BCUT2D eigenvalue weighted by Gasteiger charge is 2.18. The molecular weight excluding hydrogens is 214 g/mol. The number of hydrazine groups is 1. The largest absolute Gasteiger partial charge is 0.355 e. The highest BCUT2D eigenvalue weighted by molar-refractivity contribution is 5.79. The maximum atomic E-state index is 5.44. The van der Waals surface area contributed by atoms with E-state index in [-0.39, 0.29) is 5.41 Å². The lowest BCUT2D eigenvalue weighted by atomic mass is 9.93. The minimum atomic E-state index is 0.144. The number of nitrogens with two attached hydrogens (primary N) is 1. The van der Waals surface area contributed by atoms with E-state index in [9.17, 15) is 0 Å². The molecular formula is C12H29N5. The van der Waals surface area contributed by atoms with Crippen molar-refractivity contribution < 1.29 is 0 Å². The molecule has 0 atom stereocenters. The first-order chi connectivity index (χ1) is 7.76. The molecule has 0 aromatic carbocycles. The van der Waals surface area contributed by atoms with Gasteiger partial charge in [0.15, 0.2) is 0 Å². The van der Waals surface area contributed by atoms with Crippen LogP contribution in [0.1, 0.15) is 27.7 Å². The Morgan fingerprint density at radius 3 is 2.35 bits per heavy atom. The number of nitrogens with zero attached hydrogens (tertiary/aromatic N) is 2. The Balaban J connectivity index is 4.24. The van der Waals surface area contributed by atoms with Crippen LogP contribution in [0.4, 0.5) is 0 Å². The predicted octanol–water partition coefficient (Wildman–Crippen LogP) is 0.639. The number of rotatable bonds is 6. The van der Waals surface area contributed by atoms with Gasteiger partial charge < -0.3 is 10.2 Å². The van der Waals surface area contributed by atoms with E-state index in [4.69, 9.17) is 5.84 Å². The number of hydrogen-bond donors (Lipinski definition) is 3. The molecule has 0 saturated carbocycles. The van der Waals surface area contributed by atoms with Crippen molar-refractivity contribution >= 4 is 5.96 Å². The summed E-state index contributed by atoms with van der Waals surface area (Å²) < 4.78 is 0. The third-order valence-corrected chi connectivity index (χ3v) is 2.22. The quantitative estimate of drug-likeness (QED) is 0.277. The number of nitrogens with one attached hydrogen (secondary N) is 2. The van der Waals surface area contributed by atoms with Gasteiger partial charge in [-0.15, -0.1) is 0 Å². The lowest BCUT2D eigenvalue weighted by Gasteiger charge is -2.26. The highest BCUT2D eigenvalue weighted by atomic mass is 15.3. The molecule has 0 rings (SSSR count). The van der Waals surface area contributed by atoms with Crippen molar-refractivity contribution in [1.82, 2.24) is 15.6 Å². The molecule has 17 heavy (non-hydrogen) atoms. The third-order valence-electron chi connectivity index (χ3n) is 2.22. The van der Waals surface area contributed by atoms with Crippen molar-refractivity contribution in [2.45, 2.75) is 27.7 Å². The van der Waals surface area contributed by atoms with Crippen LogP contribution in [-0.4, -0.2) is 44.6 Å². The van der Waals surface area contributed by atoms with Crippen LogP contribution in [0.5, 0.6) is 0 Å². The molecule has 0 saturated heterocycles. The van der Waals surface area contributed by atoms with Gasteiger partial charge in [0, 0.05) is 19.6 Å². The number of aliphatic imine (C=N–C) groups is 1. The van der Waals surface area contributed by atoms with E-state index >= 15 is 0 Å². The molecule has 0 spiro atoms. The predicted molar refractivity (Wildman–Crippen MR) is 74.8 cm³/mol. The van der Waals surface area contributed by atoms with E-state index < -0.39 is 0 Å². The molecule has 102 valence electrons. The van der Waals surface area contributed by atoms with Crippen molar-refractivity contribution in [2.75, 3.05) is 33.7 Å². The van der Waals surface area contributed by atoms with Crippen LogP contribution in [-0.2, 0) is 0 Å². The van der Waals surface area contributed by atoms with Crippen molar-refractivity contribution in [1.29, 1.82) is 0 Å². The van der Waals surface area contributed by atoms with Crippen molar-refractivity contribution in [2.24, 2.45) is 22.2 Å². The van der Waals surface area contributed by atoms with Gasteiger partial charge in [0.1, 0.15) is 0 Å². The third kappa shape index (κ3) is 8.94. The van der Waals surface area contributed by atoms with Gasteiger partial charge in [-0.3, -0.25) is 10.4 Å². The smallest absolute Gasteiger partial charge is 0.205 e. The first-order valence-corrected chi connectivity index (χ1v) is 6.16. The Morgan fingerprint density at radius 1 is 1.35 bits per heavy atom. The fourth-order valence-corrected chi connectivity index (χ4v) is 1.65. The summed E-state index contributed by atoms with van der Waals surface area (Å²) in [6.45, 7) is 11.3. The van der Waals surface area contributed by atoms with E-state index in [1.165, 1.54) is 0 Å². The molecule has 0 aromatic rings. The molecule has 0 amide bonds. The summed E-state index contributed by atoms with van der Waals surface area (Å²) in [4.78, 5) is 6.65. The summed E-state index contributed by atoms with van der Waals surface area (Å²) in [5.41, 5.74) is 2.75. The fraction of sp³-hybridized carbons (Fsp3) is 0.917. The van der Waals surface area contributed by atoms with Gasteiger partial charge in [-0.1, -0.05) is 27.7 Å². The molecule has 0 aliphatic carbocycles. The van der Waals surface area contributed by atoms with Crippen molar-refractivity contribution in [3.8, 4) is 0 Å². The van der Waals surface area contributed by atoms with Crippen LogP contribution < -0.4 is 16.6 Å². The molecule has 0 heterocycles. The minimum absolute atomic E-state index is 0.144. The van der Waals surface area contributed by atoms with E-state index in [2.05, 4.69) is 62.4 Å². The van der Waals surface area contributed by atoms with Gasteiger partial charge in [-0.25, -0.2) is 5.84 Å². The molecule has 0 aliphatic rings. The van der Waals surface area contributed by atoms with E-state index in [0.29, 0.717) is 11.9 Å². The molecule has 0 aromatic heterocycles. The zero-order valence-electron chi connectivity index (χ0n) is 12.2. The summed E-state index contributed by atoms with van der Waals surface area (Å²) in [6, 6.07) is 0. The standard InChI is InChI=1S/C12H29N5/c1-10(2)7-14-11(16-13)15-8-12(3,4)9-17(5)6/h10H,7-9,13H2,1-6H3,(H2,14,15,16). The summed E-state index contributed by atoms with van der Waals surface area (Å²) in [7, 11) is 4.15. The number of guanidine groups is 1. The molecule has 0 fully saturated rings. The maximum Gasteiger partial charge on any atom is 0.205 e. The SMILES string of the molecule is CC(C)CNC(=NCC(C)(C)CN(C)C)NN. The zero-order valence-corrected chi connectivity index (χ0v) is 12.2. The Hall–Kier alpha value is -0.810. The van der Waals surface area contributed by atoms with Crippen LogP contribution in [0.25, 0.3) is 0 Å². The van der Waals surface area contributed by atoms with Gasteiger partial charge in [0.2, 0.25) is 5.96 Å². The highest BCUT2D eigenvalue weighted by Crippen LogP contribution is 2.15. The maximum absolute atomic E-state index is 5.44. The molecule has 5 heteroatoms. The van der Waals surface area contributed by atoms with Gasteiger partial charge in [0.05, 0.1) is 0 Å². The van der Waals surface area contributed by atoms with Gasteiger partial charge in [-0.2, -0.15) is 0 Å². The Labute approximate surface area is 106 Å². The van der Waals surface area contributed by atoms with Crippen molar-refractivity contribution in [3.63, 3.8) is 0 Å². The van der Waals surface area contributed by atoms with E-state index in [0.717, 1.165) is 19.6 Å². The Kier molecular flexibility index (Phi) is 7.15. The van der Waals surface area contributed by atoms with E-state index in [1.54, 1.807) is 0 Å². The molecule has 5 nitrogen and oxygen atoms in total. The van der Waals surface area contributed by atoms with Gasteiger partial charge in [-0.05, 0) is 25.4 Å². The monoisotopic (exact) mass is 243 g/mol. The average Bonchev–Trinajstić information content (AvgIpc) is 2.15. The van der Waals surface area contributed by atoms with Crippen LogP contribution >= 0.6 is 0 Å². The minimum Gasteiger partial charge on any atom is -0.355 e. The Bertz CT molecular complexity index is 233. The van der Waals surface area contributed by atoms with Gasteiger partial charge >= 0.3 is 0 Å². The summed E-state index contributed by atoms with van der Waals surface area (Å²) >= 11 is 0. The molecule has 0 unspecified atom stereocenters. The van der Waals surface area contributed by atoms with Crippen LogP contribution in [0, 0.1) is 11.3 Å². The lowest BCUT2D eigenvalue weighted by molar-refractivity contribution is 0.248. The van der Waals surface area contributed by atoms with E-state index in [1.807, 2.05) is 0 Å². The van der Waals surface area contributed by atoms with Crippen molar-refractivity contribution in [3.05, 3.63) is 0 Å². The normalized spacial score (nSPS) is 13.4. The second kappa shape index (κ2) is 7.50. The first kappa shape index (κ1) is 16.2. The zero-order chi connectivity index (χ0) is 13.5. The second-order valence-corrected chi connectivity index (χ2v) is 5.99. The summed E-state index contributed by atoms with van der Waals surface area (Å²) in [5, 5.41) is 3.20. The van der Waals surface area contributed by atoms with Crippen LogP contribution in [0.2, 0.25) is 0 Å². The first-order valence-electron chi connectivity index (χ1n) is 6.16. The molecule has 0 aliphatic heterocycles. The van der Waals surface area contributed by atoms with Gasteiger partial charge in [0.25, 0.3) is 0 Å². The van der Waals surface area contributed by atoms with Crippen LogP contribution in [0.15, 0.2) is 4.99 Å². The number of hydrogen-bond acceptors (Lipinski definition) is 3. The van der Waals surface area contributed by atoms with Crippen LogP contribution in [0.3, 0.4) is 0 Å². The summed E-state index contributed by atoms with van der Waals surface area (Å²) in [5.74, 6) is 6.68. The average molecular weight is 243 g/mol. The second-order valence-electron chi connectivity index (χ2n) is 5.99. The lowest BCUT2D eigenvalue weighted by Crippen LogP contribution is -2.44. The molecule has 4 N–H and O–H groups in total.